The molecule has 1 saturated heterocycles. The summed E-state index contributed by atoms with van der Waals surface area (Å²) in [6, 6.07) is 8.04. The molecule has 1 aliphatic heterocycles. The van der Waals surface area contributed by atoms with Gasteiger partial charge in [0, 0.05) is 10.2 Å². The summed E-state index contributed by atoms with van der Waals surface area (Å²) in [6.45, 7) is 0.920. The van der Waals surface area contributed by atoms with Crippen LogP contribution in [0.5, 0.6) is 0 Å². The number of hydrogen-bond donors (Lipinski definition) is 1. The third-order valence-corrected chi connectivity index (χ3v) is 4.27. The molecule has 1 heterocycles. The minimum absolute atomic E-state index is 0.329. The minimum Gasteiger partial charge on any atom is -0.388 e. The van der Waals surface area contributed by atoms with Gasteiger partial charge in [0.1, 0.15) is 0 Å². The smallest absolute Gasteiger partial charge is 0.0800 e. The van der Waals surface area contributed by atoms with Crippen LogP contribution in [0.4, 0.5) is 0 Å². The third kappa shape index (κ3) is 3.93. The van der Waals surface area contributed by atoms with Gasteiger partial charge >= 0.3 is 0 Å². The molecule has 0 aromatic heterocycles. The van der Waals surface area contributed by atoms with E-state index in [2.05, 4.69) is 22.6 Å². The Hall–Kier alpha value is -0.130. The van der Waals surface area contributed by atoms with Gasteiger partial charge in [-0.1, -0.05) is 18.2 Å². The van der Waals surface area contributed by atoms with Crippen LogP contribution in [0.1, 0.15) is 43.8 Å². The average molecular weight is 346 g/mol. The fraction of sp³-hybridized carbons (Fsp3) is 0.571. The Bertz CT molecular complexity index is 348. The number of halogens is 1. The minimum atomic E-state index is -0.329. The van der Waals surface area contributed by atoms with Crippen molar-refractivity contribution in [2.24, 2.45) is 0 Å². The lowest BCUT2D eigenvalue weighted by atomic mass is 10.0. The highest BCUT2D eigenvalue weighted by Crippen LogP contribution is 2.25. The van der Waals surface area contributed by atoms with Crippen molar-refractivity contribution < 1.29 is 9.84 Å². The Balaban J connectivity index is 1.77. The SMILES string of the molecule is OC(CCCC1CCCO1)c1ccccc1I. The highest BCUT2D eigenvalue weighted by atomic mass is 127. The van der Waals surface area contributed by atoms with Gasteiger partial charge < -0.3 is 9.84 Å². The van der Waals surface area contributed by atoms with Crippen molar-refractivity contribution >= 4 is 22.6 Å². The van der Waals surface area contributed by atoms with E-state index in [9.17, 15) is 5.11 Å². The van der Waals surface area contributed by atoms with E-state index < -0.39 is 0 Å². The van der Waals surface area contributed by atoms with E-state index >= 15 is 0 Å². The summed E-state index contributed by atoms with van der Waals surface area (Å²) in [5.74, 6) is 0. The maximum atomic E-state index is 10.1. The first-order valence-electron chi connectivity index (χ1n) is 6.31. The molecule has 0 amide bonds. The summed E-state index contributed by atoms with van der Waals surface area (Å²) in [7, 11) is 0. The zero-order valence-electron chi connectivity index (χ0n) is 9.94. The van der Waals surface area contributed by atoms with E-state index in [4.69, 9.17) is 4.74 Å². The molecule has 0 spiro atoms. The maximum absolute atomic E-state index is 10.1. The van der Waals surface area contributed by atoms with Gasteiger partial charge in [-0.15, -0.1) is 0 Å². The molecule has 1 fully saturated rings. The number of rotatable bonds is 5. The van der Waals surface area contributed by atoms with Gasteiger partial charge in [-0.05, 0) is 66.3 Å². The second kappa shape index (κ2) is 6.71. The van der Waals surface area contributed by atoms with Crippen LogP contribution in [0.2, 0.25) is 0 Å². The molecule has 2 atom stereocenters. The van der Waals surface area contributed by atoms with Crippen LogP contribution in [-0.2, 0) is 4.74 Å². The van der Waals surface area contributed by atoms with E-state index in [0.717, 1.165) is 35.0 Å². The fourth-order valence-electron chi connectivity index (χ4n) is 2.31. The Morgan fingerprint density at radius 1 is 1.41 bits per heavy atom. The summed E-state index contributed by atoms with van der Waals surface area (Å²) in [6.07, 6.45) is 5.46. The molecule has 1 aliphatic rings. The molecule has 2 unspecified atom stereocenters. The Morgan fingerprint density at radius 3 is 2.94 bits per heavy atom. The second-order valence-electron chi connectivity index (χ2n) is 4.60. The van der Waals surface area contributed by atoms with Crippen LogP contribution >= 0.6 is 22.6 Å². The summed E-state index contributed by atoms with van der Waals surface area (Å²) in [4.78, 5) is 0. The quantitative estimate of drug-likeness (QED) is 0.825. The summed E-state index contributed by atoms with van der Waals surface area (Å²) < 4.78 is 6.73. The maximum Gasteiger partial charge on any atom is 0.0800 e. The zero-order chi connectivity index (χ0) is 12.1. The molecule has 1 aromatic carbocycles. The summed E-state index contributed by atoms with van der Waals surface area (Å²) in [5.41, 5.74) is 1.06. The van der Waals surface area contributed by atoms with Gasteiger partial charge in [-0.3, -0.25) is 0 Å². The number of aliphatic hydroxyl groups is 1. The molecule has 94 valence electrons. The van der Waals surface area contributed by atoms with Crippen LogP contribution in [0.25, 0.3) is 0 Å². The van der Waals surface area contributed by atoms with Gasteiger partial charge in [-0.25, -0.2) is 0 Å². The van der Waals surface area contributed by atoms with Gasteiger partial charge in [0.25, 0.3) is 0 Å². The first kappa shape index (κ1) is 13.3. The standard InChI is InChI=1S/C14H19IO2/c15-13-8-2-1-7-12(13)14(16)9-3-5-11-6-4-10-17-11/h1-2,7-8,11,14,16H,3-6,9-10H2. The normalized spacial score (nSPS) is 21.6. The highest BCUT2D eigenvalue weighted by Gasteiger charge is 2.16. The molecular weight excluding hydrogens is 327 g/mol. The van der Waals surface area contributed by atoms with Gasteiger partial charge in [0.05, 0.1) is 12.2 Å². The summed E-state index contributed by atoms with van der Waals surface area (Å²) in [5, 5.41) is 10.1. The van der Waals surface area contributed by atoms with E-state index in [-0.39, 0.29) is 6.10 Å². The molecule has 2 rings (SSSR count). The Morgan fingerprint density at radius 2 is 2.24 bits per heavy atom. The van der Waals surface area contributed by atoms with Crippen LogP contribution in [0.15, 0.2) is 24.3 Å². The Kier molecular flexibility index (Phi) is 5.25. The van der Waals surface area contributed by atoms with E-state index in [1.54, 1.807) is 0 Å². The second-order valence-corrected chi connectivity index (χ2v) is 5.77. The number of ether oxygens (including phenoxy) is 1. The summed E-state index contributed by atoms with van der Waals surface area (Å²) >= 11 is 2.28. The van der Waals surface area contributed by atoms with Crippen molar-refractivity contribution in [2.45, 2.75) is 44.3 Å². The Labute approximate surface area is 117 Å². The molecule has 3 heteroatoms. The predicted octanol–water partition coefficient (Wildman–Crippen LogP) is 3.67. The van der Waals surface area contributed by atoms with Gasteiger partial charge in [0.15, 0.2) is 0 Å². The van der Waals surface area contributed by atoms with Crippen LogP contribution < -0.4 is 0 Å². The highest BCUT2D eigenvalue weighted by molar-refractivity contribution is 14.1. The third-order valence-electron chi connectivity index (χ3n) is 3.29. The molecule has 17 heavy (non-hydrogen) atoms. The van der Waals surface area contributed by atoms with E-state index in [1.807, 2.05) is 24.3 Å². The van der Waals surface area contributed by atoms with Gasteiger partial charge in [-0.2, -0.15) is 0 Å². The lowest BCUT2D eigenvalue weighted by Crippen LogP contribution is -2.06. The first-order chi connectivity index (χ1) is 8.27. The average Bonchev–Trinajstić information content (AvgIpc) is 2.82. The number of aliphatic hydroxyl groups excluding tert-OH is 1. The van der Waals surface area contributed by atoms with Crippen molar-refractivity contribution in [2.75, 3.05) is 6.61 Å². The van der Waals surface area contributed by atoms with Crippen molar-refractivity contribution in [3.63, 3.8) is 0 Å². The molecule has 1 aromatic rings. The van der Waals surface area contributed by atoms with E-state index in [0.29, 0.717) is 6.10 Å². The molecule has 2 nitrogen and oxygen atoms in total. The van der Waals surface area contributed by atoms with Crippen molar-refractivity contribution in [3.05, 3.63) is 33.4 Å². The number of hydrogen-bond acceptors (Lipinski definition) is 2. The molecule has 0 bridgehead atoms. The zero-order valence-corrected chi connectivity index (χ0v) is 12.1. The fourth-order valence-corrected chi connectivity index (χ4v) is 3.06. The van der Waals surface area contributed by atoms with Crippen molar-refractivity contribution in [1.82, 2.24) is 0 Å². The molecule has 0 aliphatic carbocycles. The van der Waals surface area contributed by atoms with Crippen LogP contribution in [0.3, 0.4) is 0 Å². The molecule has 1 N–H and O–H groups in total. The van der Waals surface area contributed by atoms with Crippen molar-refractivity contribution in [1.29, 1.82) is 0 Å². The lowest BCUT2D eigenvalue weighted by molar-refractivity contribution is 0.0944. The molecule has 0 saturated carbocycles. The molecule has 0 radical (unpaired) electrons. The van der Waals surface area contributed by atoms with Crippen molar-refractivity contribution in [3.8, 4) is 0 Å². The van der Waals surface area contributed by atoms with Crippen LogP contribution in [-0.4, -0.2) is 17.8 Å². The largest absolute Gasteiger partial charge is 0.388 e. The first-order valence-corrected chi connectivity index (χ1v) is 7.39. The number of benzene rings is 1. The van der Waals surface area contributed by atoms with Gasteiger partial charge in [0.2, 0.25) is 0 Å². The lowest BCUT2D eigenvalue weighted by Gasteiger charge is -2.14. The van der Waals surface area contributed by atoms with Crippen LogP contribution in [0, 0.1) is 3.57 Å². The monoisotopic (exact) mass is 346 g/mol. The van der Waals surface area contributed by atoms with E-state index in [1.165, 1.54) is 12.8 Å². The topological polar surface area (TPSA) is 29.5 Å². The predicted molar refractivity (Wildman–Crippen MR) is 76.9 cm³/mol. The molecular formula is C14H19IO2.